The number of carbonyl (C=O) groups excluding carboxylic acids is 3. The van der Waals surface area contributed by atoms with Gasteiger partial charge in [0.1, 0.15) is 0 Å². The fourth-order valence-electron chi connectivity index (χ4n) is 4.50. The molecule has 1 heterocycles. The summed E-state index contributed by atoms with van der Waals surface area (Å²) in [4.78, 5) is 41.6. The van der Waals surface area contributed by atoms with E-state index in [0.717, 1.165) is 30.4 Å². The Morgan fingerprint density at radius 1 is 0.811 bits per heavy atom. The number of benzene rings is 2. The highest BCUT2D eigenvalue weighted by molar-refractivity contribution is 5.91. The third-order valence-electron chi connectivity index (χ3n) is 6.59. The number of rotatable bonds is 3. The summed E-state index contributed by atoms with van der Waals surface area (Å²) in [6.07, 6.45) is 6.93. The molecule has 1 aliphatic heterocycles. The summed E-state index contributed by atoms with van der Waals surface area (Å²) in [5, 5.41) is 6.54. The maximum Gasteiger partial charge on any atom is 0.246 e. The number of hydrogen-bond donors (Lipinski definition) is 2. The van der Waals surface area contributed by atoms with Gasteiger partial charge in [-0.3, -0.25) is 14.4 Å². The van der Waals surface area contributed by atoms with Gasteiger partial charge in [0.25, 0.3) is 0 Å². The van der Waals surface area contributed by atoms with E-state index < -0.39 is 0 Å². The average molecular weight is 505 g/mol. The van der Waals surface area contributed by atoms with Gasteiger partial charge in [-0.05, 0) is 49.4 Å². The number of carbonyl (C=O) groups is 3. The van der Waals surface area contributed by atoms with E-state index in [0.29, 0.717) is 52.1 Å². The van der Waals surface area contributed by atoms with Crippen molar-refractivity contribution >= 4 is 23.8 Å². The molecular formula is C30H40N4O3. The first-order valence-electron chi connectivity index (χ1n) is 13.4. The molecule has 3 rings (SSSR count). The van der Waals surface area contributed by atoms with Crippen LogP contribution in [0.3, 0.4) is 0 Å². The molecule has 37 heavy (non-hydrogen) atoms. The number of amides is 3. The van der Waals surface area contributed by atoms with Crippen molar-refractivity contribution in [3.05, 3.63) is 77.9 Å². The topological polar surface area (TPSA) is 81.8 Å². The zero-order chi connectivity index (χ0) is 26.3. The highest BCUT2D eigenvalue weighted by Crippen LogP contribution is 2.16. The quantitative estimate of drug-likeness (QED) is 0.624. The van der Waals surface area contributed by atoms with Gasteiger partial charge in [-0.25, -0.2) is 0 Å². The van der Waals surface area contributed by atoms with Crippen molar-refractivity contribution in [2.75, 3.05) is 39.3 Å². The van der Waals surface area contributed by atoms with Gasteiger partial charge in [0.15, 0.2) is 0 Å². The van der Waals surface area contributed by atoms with Crippen LogP contribution in [0.1, 0.15) is 56.2 Å². The Hall–Kier alpha value is -3.45. The molecule has 3 amide bonds. The lowest BCUT2D eigenvalue weighted by molar-refractivity contribution is -0.129. The van der Waals surface area contributed by atoms with Crippen LogP contribution in [-0.2, 0) is 14.4 Å². The molecule has 0 saturated carbocycles. The Morgan fingerprint density at radius 3 is 2.11 bits per heavy atom. The van der Waals surface area contributed by atoms with Gasteiger partial charge >= 0.3 is 0 Å². The van der Waals surface area contributed by atoms with Crippen LogP contribution in [0.5, 0.6) is 0 Å². The second kappa shape index (κ2) is 15.6. The van der Waals surface area contributed by atoms with Crippen LogP contribution in [0.4, 0.5) is 0 Å². The van der Waals surface area contributed by atoms with E-state index in [-0.39, 0.29) is 23.8 Å². The van der Waals surface area contributed by atoms with E-state index in [1.54, 1.807) is 13.0 Å². The summed E-state index contributed by atoms with van der Waals surface area (Å²) in [5.74, 6) is 0.0124. The zero-order valence-electron chi connectivity index (χ0n) is 21.9. The molecule has 198 valence electrons. The number of nitrogens with one attached hydrogen (secondary N) is 2. The largest absolute Gasteiger partial charge is 0.356 e. The van der Waals surface area contributed by atoms with Crippen LogP contribution in [0.15, 0.2) is 66.7 Å². The van der Waals surface area contributed by atoms with Gasteiger partial charge in [0, 0.05) is 58.2 Å². The molecule has 0 aliphatic carbocycles. The van der Waals surface area contributed by atoms with Gasteiger partial charge in [0.05, 0.1) is 0 Å². The number of hydrogen-bond acceptors (Lipinski definition) is 4. The molecule has 0 unspecified atom stereocenters. The Balaban J connectivity index is 1.66. The van der Waals surface area contributed by atoms with Crippen LogP contribution < -0.4 is 10.6 Å². The van der Waals surface area contributed by atoms with Gasteiger partial charge < -0.3 is 20.4 Å². The summed E-state index contributed by atoms with van der Waals surface area (Å²) < 4.78 is 0. The Labute approximate surface area is 220 Å². The molecule has 7 nitrogen and oxygen atoms in total. The first kappa shape index (κ1) is 28.1. The lowest BCUT2D eigenvalue weighted by Crippen LogP contribution is -2.35. The zero-order valence-corrected chi connectivity index (χ0v) is 21.9. The van der Waals surface area contributed by atoms with Crippen LogP contribution >= 0.6 is 0 Å². The first-order valence-corrected chi connectivity index (χ1v) is 13.4. The fourth-order valence-corrected chi connectivity index (χ4v) is 4.50. The molecule has 1 aliphatic rings. The van der Waals surface area contributed by atoms with Gasteiger partial charge in [-0.1, -0.05) is 60.7 Å². The predicted molar refractivity (Wildman–Crippen MR) is 148 cm³/mol. The Kier molecular flexibility index (Phi) is 11.9. The summed E-state index contributed by atoms with van der Waals surface area (Å²) >= 11 is 0. The summed E-state index contributed by atoms with van der Waals surface area (Å²) in [7, 11) is 0. The molecule has 0 spiro atoms. The highest BCUT2D eigenvalue weighted by atomic mass is 16.2. The molecule has 0 bridgehead atoms. The highest BCUT2D eigenvalue weighted by Gasteiger charge is 2.17. The summed E-state index contributed by atoms with van der Waals surface area (Å²) in [6, 6.07) is 19.7. The maximum atomic E-state index is 13.0. The van der Waals surface area contributed by atoms with E-state index in [1.165, 1.54) is 0 Å². The van der Waals surface area contributed by atoms with Crippen LogP contribution in [0, 0.1) is 0 Å². The van der Waals surface area contributed by atoms with E-state index in [4.69, 9.17) is 0 Å². The fraction of sp³-hybridized carbons (Fsp3) is 0.433. The van der Waals surface area contributed by atoms with Gasteiger partial charge in [-0.15, -0.1) is 0 Å². The van der Waals surface area contributed by atoms with Gasteiger partial charge in [0.2, 0.25) is 17.7 Å². The Bertz CT molecular complexity index is 1010. The molecule has 7 heteroatoms. The molecule has 1 fully saturated rings. The van der Waals surface area contributed by atoms with Crippen molar-refractivity contribution in [1.29, 1.82) is 0 Å². The Morgan fingerprint density at radius 2 is 1.41 bits per heavy atom. The van der Waals surface area contributed by atoms with E-state index in [1.807, 2.05) is 76.5 Å². The lowest BCUT2D eigenvalue weighted by Gasteiger charge is -2.24. The smallest absolute Gasteiger partial charge is 0.246 e. The van der Waals surface area contributed by atoms with Crippen molar-refractivity contribution < 1.29 is 14.4 Å². The molecule has 2 aromatic rings. The summed E-state index contributed by atoms with van der Waals surface area (Å²) in [5.41, 5.74) is 2.05. The first-order chi connectivity index (χ1) is 18.0. The standard InChI is InChI=1S/C30H40N4O3/c1-25(35)33-20-8-9-21-34(30(37)17-16-26-12-4-2-5-13-26)23-11-19-32-29(36)24-28(31-18-10-22-33)27-14-6-3-7-15-27/h2-7,12-17,28,31H,8-11,18-24H2,1H3,(H,32,36)/t28-/m0/s1. The van der Waals surface area contributed by atoms with Crippen molar-refractivity contribution in [1.82, 2.24) is 20.4 Å². The second-order valence-corrected chi connectivity index (χ2v) is 9.46. The molecule has 1 atom stereocenters. The monoisotopic (exact) mass is 504 g/mol. The van der Waals surface area contributed by atoms with E-state index >= 15 is 0 Å². The molecule has 0 aromatic heterocycles. The molecule has 2 N–H and O–H groups in total. The van der Waals surface area contributed by atoms with E-state index in [9.17, 15) is 14.4 Å². The normalized spacial score (nSPS) is 19.3. The molecule has 2 aromatic carbocycles. The average Bonchev–Trinajstić information content (AvgIpc) is 2.91. The van der Waals surface area contributed by atoms with Crippen molar-refractivity contribution in [2.45, 2.75) is 45.1 Å². The van der Waals surface area contributed by atoms with Crippen LogP contribution in [0.25, 0.3) is 6.08 Å². The van der Waals surface area contributed by atoms with Crippen LogP contribution in [0.2, 0.25) is 0 Å². The van der Waals surface area contributed by atoms with Crippen molar-refractivity contribution in [3.8, 4) is 0 Å². The summed E-state index contributed by atoms with van der Waals surface area (Å²) in [6.45, 7) is 5.37. The second-order valence-electron chi connectivity index (χ2n) is 9.46. The third kappa shape index (κ3) is 10.2. The maximum absolute atomic E-state index is 13.0. The van der Waals surface area contributed by atoms with E-state index in [2.05, 4.69) is 10.6 Å². The van der Waals surface area contributed by atoms with Gasteiger partial charge in [-0.2, -0.15) is 0 Å². The minimum atomic E-state index is -0.0936. The minimum Gasteiger partial charge on any atom is -0.356 e. The molecular weight excluding hydrogens is 464 g/mol. The molecule has 1 saturated heterocycles. The van der Waals surface area contributed by atoms with Crippen LogP contribution in [-0.4, -0.2) is 66.8 Å². The SMILES string of the molecule is CC(=O)N1CCCCN(C(=O)C=Cc2ccccc2)CCCNC(=O)C[C@@H](c2ccccc2)NCCC1. The molecule has 0 radical (unpaired) electrons. The minimum absolute atomic E-state index is 0.0159. The predicted octanol–water partition coefficient (Wildman–Crippen LogP) is 3.79. The lowest BCUT2D eigenvalue weighted by atomic mass is 10.0. The van der Waals surface area contributed by atoms with Crippen molar-refractivity contribution in [3.63, 3.8) is 0 Å². The third-order valence-corrected chi connectivity index (χ3v) is 6.59. The van der Waals surface area contributed by atoms with Crippen molar-refractivity contribution in [2.24, 2.45) is 0 Å². The number of nitrogens with zero attached hydrogens (tertiary/aromatic N) is 2.